The smallest absolute Gasteiger partial charge is 0.309 e. The number of alkyl halides is 1. The number of esters is 1. The van der Waals surface area contributed by atoms with Gasteiger partial charge in [-0.3, -0.25) is 4.79 Å². The van der Waals surface area contributed by atoms with Gasteiger partial charge in [0.05, 0.1) is 26.5 Å². The van der Waals surface area contributed by atoms with Crippen molar-refractivity contribution in [3.8, 4) is 5.75 Å². The molecule has 0 N–H and O–H groups in total. The molecule has 0 bridgehead atoms. The summed E-state index contributed by atoms with van der Waals surface area (Å²) in [5.41, 5.74) is 0.784. The molecule has 5 heteroatoms. The van der Waals surface area contributed by atoms with Gasteiger partial charge < -0.3 is 9.47 Å². The molecule has 0 unspecified atom stereocenters. The molecule has 1 aromatic rings. The first kappa shape index (κ1) is 12.8. The second kappa shape index (κ2) is 5.70. The molecule has 0 aromatic heterocycles. The van der Waals surface area contributed by atoms with Gasteiger partial charge in [-0.1, -0.05) is 0 Å². The van der Waals surface area contributed by atoms with Gasteiger partial charge in [0.15, 0.2) is 0 Å². The van der Waals surface area contributed by atoms with E-state index in [-0.39, 0.29) is 12.3 Å². The van der Waals surface area contributed by atoms with E-state index in [9.17, 15) is 9.18 Å². The van der Waals surface area contributed by atoms with Crippen LogP contribution in [0.15, 0.2) is 12.1 Å². The molecule has 3 nitrogen and oxygen atoms in total. The van der Waals surface area contributed by atoms with Crippen molar-refractivity contribution in [1.29, 1.82) is 0 Å². The Hall–Kier alpha value is -1.29. The zero-order valence-electron chi connectivity index (χ0n) is 9.05. The highest BCUT2D eigenvalue weighted by Gasteiger charge is 2.13. The van der Waals surface area contributed by atoms with Crippen molar-refractivity contribution in [3.63, 3.8) is 0 Å². The second-order valence-corrected chi connectivity index (χ2v) is 3.40. The van der Waals surface area contributed by atoms with Crippen molar-refractivity contribution in [3.05, 3.63) is 29.1 Å². The Kier molecular flexibility index (Phi) is 4.55. The van der Waals surface area contributed by atoms with E-state index in [1.165, 1.54) is 20.3 Å². The van der Waals surface area contributed by atoms with Crippen LogP contribution in [0.5, 0.6) is 5.75 Å². The molecule has 0 spiro atoms. The minimum absolute atomic E-state index is 0.00214. The molecule has 0 atom stereocenters. The molecule has 1 rings (SSSR count). The number of halogens is 2. The van der Waals surface area contributed by atoms with E-state index in [0.29, 0.717) is 16.9 Å². The van der Waals surface area contributed by atoms with Crippen LogP contribution in [0.4, 0.5) is 4.39 Å². The summed E-state index contributed by atoms with van der Waals surface area (Å²) in [6, 6.07) is 2.82. The fourth-order valence-corrected chi connectivity index (χ4v) is 1.62. The molecule has 0 aliphatic carbocycles. The molecule has 16 heavy (non-hydrogen) atoms. The first-order valence-electron chi connectivity index (χ1n) is 4.60. The summed E-state index contributed by atoms with van der Waals surface area (Å²) in [5.74, 6) is -0.570. The Balaban J connectivity index is 3.12. The molecular weight excluding hydrogens is 235 g/mol. The van der Waals surface area contributed by atoms with Gasteiger partial charge in [-0.05, 0) is 11.6 Å². The van der Waals surface area contributed by atoms with Crippen molar-refractivity contribution in [2.24, 2.45) is 0 Å². The van der Waals surface area contributed by atoms with Gasteiger partial charge in [-0.25, -0.2) is 4.39 Å². The third-order valence-corrected chi connectivity index (χ3v) is 2.46. The van der Waals surface area contributed by atoms with Gasteiger partial charge in [0.2, 0.25) is 0 Å². The lowest BCUT2D eigenvalue weighted by molar-refractivity contribution is -0.139. The van der Waals surface area contributed by atoms with Crippen LogP contribution in [0.3, 0.4) is 0 Å². The molecule has 0 aliphatic rings. The van der Waals surface area contributed by atoms with Crippen LogP contribution in [0.2, 0.25) is 0 Å². The van der Waals surface area contributed by atoms with Gasteiger partial charge in [0.1, 0.15) is 11.6 Å². The van der Waals surface area contributed by atoms with Gasteiger partial charge in [-0.15, -0.1) is 11.6 Å². The first-order chi connectivity index (χ1) is 7.62. The molecule has 0 saturated carbocycles. The number of carbonyl (C=O) groups excluding carboxylic acids is 1. The predicted molar refractivity (Wildman–Crippen MR) is 58.2 cm³/mol. The van der Waals surface area contributed by atoms with E-state index in [1.54, 1.807) is 6.07 Å². The zero-order valence-corrected chi connectivity index (χ0v) is 9.81. The Morgan fingerprint density at radius 2 is 2.12 bits per heavy atom. The van der Waals surface area contributed by atoms with Gasteiger partial charge in [0, 0.05) is 11.6 Å². The quantitative estimate of drug-likeness (QED) is 0.604. The number of hydrogen-bond donors (Lipinski definition) is 0. The summed E-state index contributed by atoms with van der Waals surface area (Å²) < 4.78 is 23.0. The van der Waals surface area contributed by atoms with Crippen LogP contribution >= 0.6 is 11.6 Å². The van der Waals surface area contributed by atoms with Gasteiger partial charge >= 0.3 is 5.97 Å². The minimum Gasteiger partial charge on any atom is -0.497 e. The van der Waals surface area contributed by atoms with Crippen LogP contribution in [-0.2, 0) is 21.8 Å². The number of carbonyl (C=O) groups is 1. The fourth-order valence-electron chi connectivity index (χ4n) is 1.32. The maximum Gasteiger partial charge on any atom is 0.309 e. The topological polar surface area (TPSA) is 35.5 Å². The van der Waals surface area contributed by atoms with Crippen LogP contribution in [0.1, 0.15) is 11.1 Å². The highest BCUT2D eigenvalue weighted by Crippen LogP contribution is 2.23. The summed E-state index contributed by atoms with van der Waals surface area (Å²) in [5, 5.41) is 0. The highest BCUT2D eigenvalue weighted by molar-refractivity contribution is 6.17. The normalized spacial score (nSPS) is 10.0. The summed E-state index contributed by atoms with van der Waals surface area (Å²) in [7, 11) is 2.70. The van der Waals surface area contributed by atoms with E-state index in [4.69, 9.17) is 16.3 Å². The molecular formula is C11H12ClFO3. The average molecular weight is 247 g/mol. The Morgan fingerprint density at radius 1 is 1.44 bits per heavy atom. The standard InChI is InChI=1S/C11H12ClFO3/c1-15-8-3-7(4-11(14)16-2)9(6-12)10(13)5-8/h3,5H,4,6H2,1-2H3. The largest absolute Gasteiger partial charge is 0.497 e. The highest BCUT2D eigenvalue weighted by atomic mass is 35.5. The molecule has 88 valence electrons. The van der Waals surface area contributed by atoms with Gasteiger partial charge in [0.25, 0.3) is 0 Å². The number of benzene rings is 1. The predicted octanol–water partition coefficient (Wildman–Crippen LogP) is 2.29. The van der Waals surface area contributed by atoms with Crippen molar-refractivity contribution in [2.45, 2.75) is 12.3 Å². The van der Waals surface area contributed by atoms with Crippen LogP contribution in [0, 0.1) is 5.82 Å². The lowest BCUT2D eigenvalue weighted by atomic mass is 10.0. The van der Waals surface area contributed by atoms with E-state index < -0.39 is 11.8 Å². The Bertz CT molecular complexity index is 393. The molecule has 0 saturated heterocycles. The Morgan fingerprint density at radius 3 is 2.62 bits per heavy atom. The van der Waals surface area contributed by atoms with Crippen molar-refractivity contribution >= 4 is 17.6 Å². The maximum atomic E-state index is 13.5. The lowest BCUT2D eigenvalue weighted by Crippen LogP contribution is -2.08. The molecule has 0 heterocycles. The first-order valence-corrected chi connectivity index (χ1v) is 5.13. The second-order valence-electron chi connectivity index (χ2n) is 3.13. The number of ether oxygens (including phenoxy) is 2. The fraction of sp³-hybridized carbons (Fsp3) is 0.364. The third-order valence-electron chi connectivity index (χ3n) is 2.19. The monoisotopic (exact) mass is 246 g/mol. The molecule has 1 aromatic carbocycles. The van der Waals surface area contributed by atoms with E-state index >= 15 is 0 Å². The van der Waals surface area contributed by atoms with Crippen molar-refractivity contribution < 1.29 is 18.7 Å². The molecule has 0 amide bonds. The summed E-state index contributed by atoms with van der Waals surface area (Å²) >= 11 is 5.63. The Labute approximate surface area is 98.1 Å². The van der Waals surface area contributed by atoms with Gasteiger partial charge in [-0.2, -0.15) is 0 Å². The molecule has 0 aliphatic heterocycles. The summed E-state index contributed by atoms with van der Waals surface area (Å²) in [4.78, 5) is 11.1. The van der Waals surface area contributed by atoms with E-state index in [2.05, 4.69) is 4.74 Å². The van der Waals surface area contributed by atoms with E-state index in [0.717, 1.165) is 0 Å². The number of methoxy groups -OCH3 is 2. The third kappa shape index (κ3) is 2.85. The van der Waals surface area contributed by atoms with E-state index in [1.807, 2.05) is 0 Å². The van der Waals surface area contributed by atoms with Crippen LogP contribution in [0.25, 0.3) is 0 Å². The van der Waals surface area contributed by atoms with Crippen LogP contribution < -0.4 is 4.74 Å². The molecule has 0 fully saturated rings. The lowest BCUT2D eigenvalue weighted by Gasteiger charge is -2.10. The van der Waals surface area contributed by atoms with Crippen molar-refractivity contribution in [2.75, 3.05) is 14.2 Å². The zero-order chi connectivity index (χ0) is 12.1. The molecule has 0 radical (unpaired) electrons. The average Bonchev–Trinajstić information content (AvgIpc) is 2.28. The number of hydrogen-bond acceptors (Lipinski definition) is 3. The summed E-state index contributed by atoms with van der Waals surface area (Å²) in [6.07, 6.45) is -0.0212. The minimum atomic E-state index is -0.478. The number of rotatable bonds is 4. The maximum absolute atomic E-state index is 13.5. The SMILES string of the molecule is COC(=O)Cc1cc(OC)cc(F)c1CCl. The van der Waals surface area contributed by atoms with Crippen LogP contribution in [-0.4, -0.2) is 20.2 Å². The van der Waals surface area contributed by atoms with Crippen molar-refractivity contribution in [1.82, 2.24) is 0 Å². The summed E-state index contributed by atoms with van der Waals surface area (Å²) in [6.45, 7) is 0.